The average Bonchev–Trinajstić information content (AvgIpc) is 2.81. The zero-order chi connectivity index (χ0) is 13.4. The number of nitrogens with zero attached hydrogens (tertiary/aromatic N) is 3. The normalized spacial score (nSPS) is 10.6. The molecule has 0 saturated heterocycles. The Morgan fingerprint density at radius 1 is 1.11 bits per heavy atom. The van der Waals surface area contributed by atoms with Crippen LogP contribution in [0.25, 0.3) is 16.7 Å². The highest BCUT2D eigenvalue weighted by atomic mass is 19.1. The van der Waals surface area contributed by atoms with Gasteiger partial charge in [-0.15, -0.1) is 0 Å². The number of imidazole rings is 1. The van der Waals surface area contributed by atoms with E-state index in [4.69, 9.17) is 5.26 Å². The van der Waals surface area contributed by atoms with Gasteiger partial charge < -0.3 is 0 Å². The van der Waals surface area contributed by atoms with E-state index in [-0.39, 0.29) is 5.69 Å². The van der Waals surface area contributed by atoms with Gasteiger partial charge >= 0.3 is 0 Å². The Hall–Kier alpha value is -2.74. The van der Waals surface area contributed by atoms with Crippen molar-refractivity contribution in [3.8, 4) is 11.8 Å². The van der Waals surface area contributed by atoms with E-state index in [2.05, 4.69) is 4.98 Å². The van der Waals surface area contributed by atoms with Crippen LogP contribution in [-0.2, 0) is 0 Å². The molecule has 0 aliphatic carbocycles. The van der Waals surface area contributed by atoms with Crippen molar-refractivity contribution < 1.29 is 8.78 Å². The summed E-state index contributed by atoms with van der Waals surface area (Å²) >= 11 is 0. The Labute approximate surface area is 107 Å². The van der Waals surface area contributed by atoms with Gasteiger partial charge in [0.05, 0.1) is 22.7 Å². The summed E-state index contributed by atoms with van der Waals surface area (Å²) in [4.78, 5) is 4.06. The number of aromatic nitrogens is 2. The van der Waals surface area contributed by atoms with E-state index in [0.717, 1.165) is 0 Å². The quantitative estimate of drug-likeness (QED) is 0.670. The SMILES string of the molecule is N#Cc1ccc2c(c1)ncn2-c1c(F)cccc1F. The van der Waals surface area contributed by atoms with Crippen LogP contribution in [0.3, 0.4) is 0 Å². The molecule has 0 fully saturated rings. The first-order valence-corrected chi connectivity index (χ1v) is 5.52. The third-order valence-corrected chi connectivity index (χ3v) is 2.85. The fourth-order valence-corrected chi connectivity index (χ4v) is 1.98. The first kappa shape index (κ1) is 11.4. The number of fused-ring (bicyclic) bond motifs is 1. The Bertz CT molecular complexity index is 795. The van der Waals surface area contributed by atoms with Crippen molar-refractivity contribution >= 4 is 11.0 Å². The molecule has 1 aromatic heterocycles. The second-order valence-corrected chi connectivity index (χ2v) is 4.00. The predicted octanol–water partition coefficient (Wildman–Crippen LogP) is 3.18. The highest BCUT2D eigenvalue weighted by Gasteiger charge is 2.13. The molecule has 92 valence electrons. The smallest absolute Gasteiger partial charge is 0.150 e. The summed E-state index contributed by atoms with van der Waals surface area (Å²) in [5, 5.41) is 8.80. The minimum atomic E-state index is -0.663. The molecule has 0 aliphatic heterocycles. The Balaban J connectivity index is 2.30. The van der Waals surface area contributed by atoms with Gasteiger partial charge in [0.25, 0.3) is 0 Å². The lowest BCUT2D eigenvalue weighted by Gasteiger charge is -2.06. The van der Waals surface area contributed by atoms with Gasteiger partial charge in [-0.2, -0.15) is 5.26 Å². The Morgan fingerprint density at radius 3 is 2.53 bits per heavy atom. The minimum Gasteiger partial charge on any atom is -0.293 e. The molecule has 0 atom stereocenters. The van der Waals surface area contributed by atoms with Crippen molar-refractivity contribution in [1.82, 2.24) is 9.55 Å². The molecule has 0 radical (unpaired) electrons. The van der Waals surface area contributed by atoms with Gasteiger partial charge in [0, 0.05) is 0 Å². The van der Waals surface area contributed by atoms with Gasteiger partial charge in [-0.3, -0.25) is 4.57 Å². The average molecular weight is 255 g/mol. The molecule has 0 N–H and O–H groups in total. The van der Waals surface area contributed by atoms with Crippen molar-refractivity contribution in [3.63, 3.8) is 0 Å². The molecular weight excluding hydrogens is 248 g/mol. The largest absolute Gasteiger partial charge is 0.293 e. The van der Waals surface area contributed by atoms with Crippen LogP contribution in [0.15, 0.2) is 42.7 Å². The highest BCUT2D eigenvalue weighted by Crippen LogP contribution is 2.23. The number of nitriles is 1. The van der Waals surface area contributed by atoms with E-state index in [1.807, 2.05) is 6.07 Å². The van der Waals surface area contributed by atoms with Crippen LogP contribution in [0.5, 0.6) is 0 Å². The molecule has 0 saturated carbocycles. The fraction of sp³-hybridized carbons (Fsp3) is 0. The summed E-state index contributed by atoms with van der Waals surface area (Å²) in [5.74, 6) is -1.33. The van der Waals surface area contributed by atoms with Crippen molar-refractivity contribution in [3.05, 3.63) is 59.9 Å². The number of hydrogen-bond acceptors (Lipinski definition) is 2. The van der Waals surface area contributed by atoms with Crippen LogP contribution in [0, 0.1) is 23.0 Å². The molecule has 0 aliphatic rings. The van der Waals surface area contributed by atoms with Crippen molar-refractivity contribution in [2.24, 2.45) is 0 Å². The van der Waals surface area contributed by atoms with Crippen molar-refractivity contribution in [1.29, 1.82) is 5.26 Å². The fourth-order valence-electron chi connectivity index (χ4n) is 1.98. The Kier molecular flexibility index (Phi) is 2.50. The number of halogens is 2. The van der Waals surface area contributed by atoms with E-state index in [1.165, 1.54) is 29.1 Å². The standard InChI is InChI=1S/C14H7F2N3/c15-10-2-1-3-11(16)14(10)19-8-18-12-6-9(7-17)4-5-13(12)19/h1-6,8H. The molecule has 3 aromatic rings. The lowest BCUT2D eigenvalue weighted by Crippen LogP contribution is -1.99. The number of benzene rings is 2. The maximum atomic E-state index is 13.7. The predicted molar refractivity (Wildman–Crippen MR) is 65.7 cm³/mol. The lowest BCUT2D eigenvalue weighted by atomic mass is 10.2. The third-order valence-electron chi connectivity index (χ3n) is 2.85. The van der Waals surface area contributed by atoms with Crippen molar-refractivity contribution in [2.45, 2.75) is 0 Å². The van der Waals surface area contributed by atoms with Crippen molar-refractivity contribution in [2.75, 3.05) is 0 Å². The second kappa shape index (κ2) is 4.18. The molecule has 5 heteroatoms. The second-order valence-electron chi connectivity index (χ2n) is 4.00. The van der Waals surface area contributed by atoms with Crippen LogP contribution in [0.2, 0.25) is 0 Å². The van der Waals surface area contributed by atoms with Gasteiger partial charge in [0.15, 0.2) is 0 Å². The van der Waals surface area contributed by atoms with E-state index in [1.54, 1.807) is 18.2 Å². The van der Waals surface area contributed by atoms with Gasteiger partial charge in [0.2, 0.25) is 0 Å². The number of para-hydroxylation sites is 1. The summed E-state index contributed by atoms with van der Waals surface area (Å²) in [6.07, 6.45) is 1.34. The Morgan fingerprint density at radius 2 is 1.84 bits per heavy atom. The summed E-state index contributed by atoms with van der Waals surface area (Å²) in [6.45, 7) is 0. The minimum absolute atomic E-state index is 0.172. The summed E-state index contributed by atoms with van der Waals surface area (Å²) in [5.41, 5.74) is 1.34. The van der Waals surface area contributed by atoms with E-state index >= 15 is 0 Å². The van der Waals surface area contributed by atoms with Crippen LogP contribution < -0.4 is 0 Å². The molecule has 19 heavy (non-hydrogen) atoms. The first-order chi connectivity index (χ1) is 9.20. The molecule has 2 aromatic carbocycles. The summed E-state index contributed by atoms with van der Waals surface area (Å²) in [7, 11) is 0. The molecule has 3 rings (SSSR count). The van der Waals surface area contributed by atoms with Gasteiger partial charge in [-0.25, -0.2) is 13.8 Å². The number of rotatable bonds is 1. The highest BCUT2D eigenvalue weighted by molar-refractivity contribution is 5.79. The topological polar surface area (TPSA) is 41.6 Å². The molecule has 0 spiro atoms. The maximum Gasteiger partial charge on any atom is 0.150 e. The third kappa shape index (κ3) is 1.74. The van der Waals surface area contributed by atoms with Crippen LogP contribution in [0.4, 0.5) is 8.78 Å². The zero-order valence-electron chi connectivity index (χ0n) is 9.64. The molecule has 0 amide bonds. The molecule has 1 heterocycles. The van der Waals surface area contributed by atoms with Crippen LogP contribution in [0.1, 0.15) is 5.56 Å². The van der Waals surface area contributed by atoms with E-state index < -0.39 is 11.6 Å². The van der Waals surface area contributed by atoms with Crippen LogP contribution >= 0.6 is 0 Å². The molecule has 3 nitrogen and oxygen atoms in total. The van der Waals surface area contributed by atoms with Gasteiger partial charge in [-0.1, -0.05) is 6.07 Å². The molecular formula is C14H7F2N3. The van der Waals surface area contributed by atoms with E-state index in [0.29, 0.717) is 16.6 Å². The summed E-state index contributed by atoms with van der Waals surface area (Å²) < 4.78 is 28.8. The van der Waals surface area contributed by atoms with E-state index in [9.17, 15) is 8.78 Å². The first-order valence-electron chi connectivity index (χ1n) is 5.52. The molecule has 0 unspecified atom stereocenters. The lowest BCUT2D eigenvalue weighted by molar-refractivity contribution is 0.571. The summed E-state index contributed by atoms with van der Waals surface area (Å²) in [6, 6.07) is 10.5. The molecule has 0 bridgehead atoms. The monoisotopic (exact) mass is 255 g/mol. The zero-order valence-corrected chi connectivity index (χ0v) is 9.64. The maximum absolute atomic E-state index is 13.7. The number of hydrogen-bond donors (Lipinski definition) is 0. The van der Waals surface area contributed by atoms with Crippen LogP contribution in [-0.4, -0.2) is 9.55 Å². The van der Waals surface area contributed by atoms with Gasteiger partial charge in [-0.05, 0) is 30.3 Å². The van der Waals surface area contributed by atoms with Gasteiger partial charge in [0.1, 0.15) is 23.6 Å².